The van der Waals surface area contributed by atoms with Crippen LogP contribution >= 0.6 is 11.8 Å². The van der Waals surface area contributed by atoms with E-state index < -0.39 is 0 Å². The highest BCUT2D eigenvalue weighted by atomic mass is 32.2. The van der Waals surface area contributed by atoms with E-state index in [1.165, 1.54) is 0 Å². The second kappa shape index (κ2) is 6.34. The van der Waals surface area contributed by atoms with Crippen molar-refractivity contribution < 1.29 is 5.11 Å². The zero-order valence-electron chi connectivity index (χ0n) is 12.5. The van der Waals surface area contributed by atoms with Gasteiger partial charge in [0, 0.05) is 10.5 Å². The van der Waals surface area contributed by atoms with Gasteiger partial charge in [-0.25, -0.2) is 4.68 Å². The van der Waals surface area contributed by atoms with Crippen LogP contribution in [0.15, 0.2) is 53.4 Å². The summed E-state index contributed by atoms with van der Waals surface area (Å²) in [6.45, 7) is 1.91. The molecular weight excluding hydrogens is 294 g/mol. The molecule has 5 heteroatoms. The number of thioether (sulfide) groups is 1. The Bertz CT molecular complexity index is 798. The standard InChI is InChI=1S/C17H17N3OS/c1-12-5-3-6-13(9-12)17-16(11-21)18-19-20(17)14-7-4-8-15(10-14)22-2/h3-10,21H,11H2,1-2H3. The molecule has 4 nitrogen and oxygen atoms in total. The summed E-state index contributed by atoms with van der Waals surface area (Å²) in [4.78, 5) is 1.16. The summed E-state index contributed by atoms with van der Waals surface area (Å²) in [6, 6.07) is 16.3. The van der Waals surface area contributed by atoms with Crippen molar-refractivity contribution in [1.82, 2.24) is 15.0 Å². The third-order valence-corrected chi connectivity index (χ3v) is 4.20. The molecule has 1 N–H and O–H groups in total. The molecule has 0 unspecified atom stereocenters. The summed E-state index contributed by atoms with van der Waals surface area (Å²) in [6.07, 6.45) is 2.04. The zero-order chi connectivity index (χ0) is 15.5. The molecule has 3 aromatic rings. The molecule has 22 heavy (non-hydrogen) atoms. The normalized spacial score (nSPS) is 10.9. The summed E-state index contributed by atoms with van der Waals surface area (Å²) in [5.74, 6) is 0. The SMILES string of the molecule is CSc1cccc(-n2nnc(CO)c2-c2cccc(C)c2)c1. The zero-order valence-corrected chi connectivity index (χ0v) is 13.3. The second-order valence-electron chi connectivity index (χ2n) is 5.03. The second-order valence-corrected chi connectivity index (χ2v) is 5.91. The molecule has 0 atom stereocenters. The molecule has 0 aliphatic rings. The Hall–Kier alpha value is -2.11. The van der Waals surface area contributed by atoms with Crippen LogP contribution < -0.4 is 0 Å². The quantitative estimate of drug-likeness (QED) is 0.750. The summed E-state index contributed by atoms with van der Waals surface area (Å²) >= 11 is 1.68. The number of hydrogen-bond donors (Lipinski definition) is 1. The number of aromatic nitrogens is 3. The van der Waals surface area contributed by atoms with E-state index in [0.717, 1.165) is 27.4 Å². The van der Waals surface area contributed by atoms with Gasteiger partial charge in [-0.05, 0) is 37.4 Å². The van der Waals surface area contributed by atoms with Crippen LogP contribution in [0.5, 0.6) is 0 Å². The third-order valence-electron chi connectivity index (χ3n) is 3.48. The lowest BCUT2D eigenvalue weighted by molar-refractivity contribution is 0.277. The van der Waals surface area contributed by atoms with E-state index >= 15 is 0 Å². The van der Waals surface area contributed by atoms with Crippen LogP contribution in [0, 0.1) is 6.92 Å². The molecule has 0 fully saturated rings. The van der Waals surface area contributed by atoms with Gasteiger partial charge >= 0.3 is 0 Å². The van der Waals surface area contributed by atoms with E-state index in [1.54, 1.807) is 16.4 Å². The number of benzene rings is 2. The van der Waals surface area contributed by atoms with Crippen molar-refractivity contribution in [2.24, 2.45) is 0 Å². The first-order chi connectivity index (χ1) is 10.7. The van der Waals surface area contributed by atoms with E-state index in [-0.39, 0.29) is 6.61 Å². The van der Waals surface area contributed by atoms with E-state index in [9.17, 15) is 5.11 Å². The van der Waals surface area contributed by atoms with Crippen molar-refractivity contribution in [3.05, 3.63) is 59.8 Å². The Kier molecular flexibility index (Phi) is 4.27. The van der Waals surface area contributed by atoms with Crippen molar-refractivity contribution in [3.63, 3.8) is 0 Å². The van der Waals surface area contributed by atoms with Gasteiger partial charge in [0.1, 0.15) is 11.4 Å². The Balaban J connectivity index is 2.19. The Labute approximate surface area is 133 Å². The molecule has 1 aromatic heterocycles. The smallest absolute Gasteiger partial charge is 0.117 e. The summed E-state index contributed by atoms with van der Waals surface area (Å²) in [5, 5.41) is 18.0. The molecule has 0 saturated carbocycles. The van der Waals surface area contributed by atoms with Gasteiger partial charge in [0.05, 0.1) is 12.3 Å². The van der Waals surface area contributed by atoms with E-state index in [2.05, 4.69) is 28.5 Å². The molecule has 1 heterocycles. The number of aryl methyl sites for hydroxylation is 1. The van der Waals surface area contributed by atoms with Crippen LogP contribution in [0.4, 0.5) is 0 Å². The van der Waals surface area contributed by atoms with E-state index in [1.807, 2.05) is 43.5 Å². The molecular formula is C17H17N3OS. The number of nitrogens with zero attached hydrogens (tertiary/aromatic N) is 3. The average molecular weight is 311 g/mol. The summed E-state index contributed by atoms with van der Waals surface area (Å²) in [7, 11) is 0. The van der Waals surface area contributed by atoms with Crippen LogP contribution in [0.25, 0.3) is 16.9 Å². The molecule has 2 aromatic carbocycles. The van der Waals surface area contributed by atoms with Crippen molar-refractivity contribution in [1.29, 1.82) is 0 Å². The fourth-order valence-corrected chi connectivity index (χ4v) is 2.88. The summed E-state index contributed by atoms with van der Waals surface area (Å²) in [5.41, 5.74) is 4.52. The fraction of sp³-hybridized carbons (Fsp3) is 0.176. The lowest BCUT2D eigenvalue weighted by Crippen LogP contribution is -2.00. The maximum absolute atomic E-state index is 9.59. The van der Waals surface area contributed by atoms with Crippen molar-refractivity contribution in [2.45, 2.75) is 18.4 Å². The fourth-order valence-electron chi connectivity index (χ4n) is 2.42. The molecule has 0 aliphatic carbocycles. The minimum Gasteiger partial charge on any atom is -0.390 e. The van der Waals surface area contributed by atoms with Gasteiger partial charge in [0.2, 0.25) is 0 Å². The monoisotopic (exact) mass is 311 g/mol. The average Bonchev–Trinajstić information content (AvgIpc) is 2.99. The van der Waals surface area contributed by atoms with E-state index in [0.29, 0.717) is 5.69 Å². The first-order valence-electron chi connectivity index (χ1n) is 7.00. The predicted molar refractivity (Wildman–Crippen MR) is 89.2 cm³/mol. The topological polar surface area (TPSA) is 50.9 Å². The van der Waals surface area contributed by atoms with Gasteiger partial charge in [-0.15, -0.1) is 16.9 Å². The highest BCUT2D eigenvalue weighted by molar-refractivity contribution is 7.98. The number of aliphatic hydroxyl groups excluding tert-OH is 1. The Morgan fingerprint density at radius 2 is 1.95 bits per heavy atom. The maximum Gasteiger partial charge on any atom is 0.117 e. The minimum atomic E-state index is -0.133. The molecule has 112 valence electrons. The van der Waals surface area contributed by atoms with Gasteiger partial charge in [0.15, 0.2) is 0 Å². The maximum atomic E-state index is 9.59. The number of hydrogen-bond acceptors (Lipinski definition) is 4. The van der Waals surface area contributed by atoms with Gasteiger partial charge in [0.25, 0.3) is 0 Å². The predicted octanol–water partition coefficient (Wildman–Crippen LogP) is 3.46. The van der Waals surface area contributed by atoms with Crippen molar-refractivity contribution in [3.8, 4) is 16.9 Å². The highest BCUT2D eigenvalue weighted by Gasteiger charge is 2.16. The Morgan fingerprint density at radius 1 is 1.14 bits per heavy atom. The van der Waals surface area contributed by atoms with Crippen LogP contribution in [0.2, 0.25) is 0 Å². The van der Waals surface area contributed by atoms with Gasteiger partial charge in [-0.1, -0.05) is 35.0 Å². The van der Waals surface area contributed by atoms with Crippen molar-refractivity contribution in [2.75, 3.05) is 6.26 Å². The lowest BCUT2D eigenvalue weighted by atomic mass is 10.1. The molecule has 0 radical (unpaired) electrons. The molecule has 0 bridgehead atoms. The first-order valence-corrected chi connectivity index (χ1v) is 8.22. The van der Waals surface area contributed by atoms with Crippen LogP contribution in [-0.2, 0) is 6.61 Å². The van der Waals surface area contributed by atoms with Crippen LogP contribution in [0.1, 0.15) is 11.3 Å². The molecule has 0 amide bonds. The molecule has 3 rings (SSSR count). The van der Waals surface area contributed by atoms with Gasteiger partial charge in [-0.2, -0.15) is 0 Å². The van der Waals surface area contributed by atoms with Gasteiger partial charge < -0.3 is 5.11 Å². The molecule has 0 aliphatic heterocycles. The summed E-state index contributed by atoms with van der Waals surface area (Å²) < 4.78 is 1.79. The number of aliphatic hydroxyl groups is 1. The molecule has 0 saturated heterocycles. The van der Waals surface area contributed by atoms with Crippen LogP contribution in [-0.4, -0.2) is 26.4 Å². The first kappa shape index (κ1) is 14.8. The van der Waals surface area contributed by atoms with Gasteiger partial charge in [-0.3, -0.25) is 0 Å². The largest absolute Gasteiger partial charge is 0.390 e. The molecule has 0 spiro atoms. The Morgan fingerprint density at radius 3 is 2.68 bits per heavy atom. The third kappa shape index (κ3) is 2.77. The minimum absolute atomic E-state index is 0.133. The lowest BCUT2D eigenvalue weighted by Gasteiger charge is -2.09. The number of rotatable bonds is 4. The van der Waals surface area contributed by atoms with Crippen molar-refractivity contribution >= 4 is 11.8 Å². The van der Waals surface area contributed by atoms with E-state index in [4.69, 9.17) is 0 Å². The highest BCUT2D eigenvalue weighted by Crippen LogP contribution is 2.27. The van der Waals surface area contributed by atoms with Crippen LogP contribution in [0.3, 0.4) is 0 Å².